The summed E-state index contributed by atoms with van der Waals surface area (Å²) in [5, 5.41) is 0. The fourth-order valence-electron chi connectivity index (χ4n) is 4.95. The maximum atomic E-state index is 12.6. The van der Waals surface area contributed by atoms with E-state index in [0.717, 1.165) is 76.1 Å². The lowest BCUT2D eigenvalue weighted by molar-refractivity contribution is -0.134. The molecule has 0 radical (unpaired) electrons. The zero-order valence-corrected chi connectivity index (χ0v) is 18.9. The Bertz CT molecular complexity index is 784. The molecule has 2 saturated heterocycles. The number of hydrogen-bond acceptors (Lipinski definition) is 4. The molecular weight excluding hydrogens is 400 g/mol. The molecule has 0 atom stereocenters. The van der Waals surface area contributed by atoms with Crippen molar-refractivity contribution in [2.75, 3.05) is 26.2 Å². The third-order valence-electron chi connectivity index (χ3n) is 6.94. The summed E-state index contributed by atoms with van der Waals surface area (Å²) >= 11 is 0. The van der Waals surface area contributed by atoms with Gasteiger partial charge in [0.1, 0.15) is 0 Å². The highest BCUT2D eigenvalue weighted by atomic mass is 16.2. The minimum atomic E-state index is 0.230. The molecule has 2 aromatic rings. The summed E-state index contributed by atoms with van der Waals surface area (Å²) in [6.45, 7) is 3.24. The molecule has 4 heterocycles. The normalized spacial score (nSPS) is 18.0. The topological polar surface area (TPSA) is 66.4 Å². The second kappa shape index (κ2) is 11.2. The largest absolute Gasteiger partial charge is 0.343 e. The average Bonchev–Trinajstić information content (AvgIpc) is 2.87. The van der Waals surface area contributed by atoms with Gasteiger partial charge in [-0.15, -0.1) is 0 Å². The smallest absolute Gasteiger partial charge is 0.222 e. The Labute approximate surface area is 191 Å². The molecule has 6 heteroatoms. The molecule has 0 unspecified atom stereocenters. The zero-order chi connectivity index (χ0) is 22.2. The quantitative estimate of drug-likeness (QED) is 0.614. The van der Waals surface area contributed by atoms with Crippen molar-refractivity contribution in [2.45, 2.75) is 63.2 Å². The van der Waals surface area contributed by atoms with Gasteiger partial charge in [0.15, 0.2) is 0 Å². The van der Waals surface area contributed by atoms with Gasteiger partial charge in [-0.2, -0.15) is 0 Å². The lowest BCUT2D eigenvalue weighted by Gasteiger charge is -2.32. The van der Waals surface area contributed by atoms with E-state index in [1.165, 1.54) is 0 Å². The summed E-state index contributed by atoms with van der Waals surface area (Å²) in [5.41, 5.74) is 2.28. The Morgan fingerprint density at radius 1 is 0.688 bits per heavy atom. The van der Waals surface area contributed by atoms with E-state index in [1.807, 2.05) is 46.5 Å². The highest BCUT2D eigenvalue weighted by molar-refractivity contribution is 5.77. The Kier molecular flexibility index (Phi) is 7.86. The van der Waals surface area contributed by atoms with Gasteiger partial charge in [0.05, 0.1) is 0 Å². The average molecular weight is 435 g/mol. The Morgan fingerprint density at radius 3 is 1.44 bits per heavy atom. The van der Waals surface area contributed by atoms with Crippen molar-refractivity contribution in [1.82, 2.24) is 19.8 Å². The van der Waals surface area contributed by atoms with Gasteiger partial charge in [-0.25, -0.2) is 0 Å². The SMILES string of the molecule is O=C(CCCCC(=O)N1CCC(c2ccccn2)CC1)N1CCC(c2ccccn2)CC1. The molecule has 2 aliphatic heterocycles. The van der Waals surface area contributed by atoms with Crippen molar-refractivity contribution in [1.29, 1.82) is 0 Å². The Hall–Kier alpha value is -2.76. The van der Waals surface area contributed by atoms with Crippen LogP contribution in [0, 0.1) is 0 Å². The van der Waals surface area contributed by atoms with Crippen molar-refractivity contribution >= 4 is 11.8 Å². The van der Waals surface area contributed by atoms with Crippen LogP contribution in [0.15, 0.2) is 48.8 Å². The van der Waals surface area contributed by atoms with Gasteiger partial charge in [0, 0.05) is 74.6 Å². The maximum Gasteiger partial charge on any atom is 0.222 e. The number of carbonyl (C=O) groups excluding carboxylic acids is 2. The van der Waals surface area contributed by atoms with Gasteiger partial charge < -0.3 is 9.80 Å². The van der Waals surface area contributed by atoms with Gasteiger partial charge in [-0.1, -0.05) is 12.1 Å². The lowest BCUT2D eigenvalue weighted by atomic mass is 9.92. The number of pyridine rings is 2. The molecule has 32 heavy (non-hydrogen) atoms. The number of carbonyl (C=O) groups is 2. The third kappa shape index (κ3) is 5.93. The summed E-state index contributed by atoms with van der Waals surface area (Å²) in [7, 11) is 0. The van der Waals surface area contributed by atoms with E-state index in [0.29, 0.717) is 24.7 Å². The summed E-state index contributed by atoms with van der Waals surface area (Å²) in [5.74, 6) is 1.38. The third-order valence-corrected chi connectivity index (χ3v) is 6.94. The Balaban J connectivity index is 1.10. The number of hydrogen-bond donors (Lipinski definition) is 0. The predicted octanol–water partition coefficient (Wildman–Crippen LogP) is 4.15. The van der Waals surface area contributed by atoms with Crippen LogP contribution in [0.3, 0.4) is 0 Å². The first-order valence-corrected chi connectivity index (χ1v) is 12.1. The molecule has 4 rings (SSSR count). The molecule has 2 aliphatic rings. The van der Waals surface area contributed by atoms with Crippen LogP contribution >= 0.6 is 0 Å². The number of amides is 2. The number of aromatic nitrogens is 2. The first-order chi connectivity index (χ1) is 15.7. The molecule has 2 amide bonds. The van der Waals surface area contributed by atoms with Crippen LogP contribution in [-0.2, 0) is 9.59 Å². The minimum absolute atomic E-state index is 0.230. The van der Waals surface area contributed by atoms with E-state index in [4.69, 9.17) is 0 Å². The molecule has 0 aromatic carbocycles. The van der Waals surface area contributed by atoms with Gasteiger partial charge >= 0.3 is 0 Å². The molecule has 2 fully saturated rings. The number of rotatable bonds is 7. The van der Waals surface area contributed by atoms with Crippen LogP contribution in [0.2, 0.25) is 0 Å². The van der Waals surface area contributed by atoms with Crippen molar-refractivity contribution in [3.63, 3.8) is 0 Å². The summed E-state index contributed by atoms with van der Waals surface area (Å²) in [4.78, 5) is 38.0. The molecule has 6 nitrogen and oxygen atoms in total. The fraction of sp³-hybridized carbons (Fsp3) is 0.538. The van der Waals surface area contributed by atoms with Gasteiger partial charge in [-0.3, -0.25) is 19.6 Å². The van der Waals surface area contributed by atoms with Gasteiger partial charge in [0.25, 0.3) is 0 Å². The maximum absolute atomic E-state index is 12.6. The van der Waals surface area contributed by atoms with Crippen LogP contribution in [0.25, 0.3) is 0 Å². The molecule has 0 bridgehead atoms. The summed E-state index contributed by atoms with van der Waals surface area (Å²) in [6.07, 6.45) is 10.3. The van der Waals surface area contributed by atoms with Crippen LogP contribution in [0.5, 0.6) is 0 Å². The van der Waals surface area contributed by atoms with Gasteiger partial charge in [0.2, 0.25) is 11.8 Å². The van der Waals surface area contributed by atoms with E-state index in [9.17, 15) is 9.59 Å². The summed E-state index contributed by atoms with van der Waals surface area (Å²) < 4.78 is 0. The van der Waals surface area contributed by atoms with E-state index in [-0.39, 0.29) is 11.8 Å². The minimum Gasteiger partial charge on any atom is -0.343 e. The van der Waals surface area contributed by atoms with Crippen molar-refractivity contribution in [3.8, 4) is 0 Å². The van der Waals surface area contributed by atoms with Crippen LogP contribution in [0.1, 0.15) is 74.6 Å². The predicted molar refractivity (Wildman–Crippen MR) is 124 cm³/mol. The zero-order valence-electron chi connectivity index (χ0n) is 18.9. The van der Waals surface area contributed by atoms with Crippen LogP contribution in [-0.4, -0.2) is 57.8 Å². The van der Waals surface area contributed by atoms with Crippen LogP contribution < -0.4 is 0 Å². The van der Waals surface area contributed by atoms with Crippen LogP contribution in [0.4, 0.5) is 0 Å². The van der Waals surface area contributed by atoms with Crippen molar-refractivity contribution in [2.24, 2.45) is 0 Å². The molecule has 0 N–H and O–H groups in total. The monoisotopic (exact) mass is 434 g/mol. The molecule has 0 aliphatic carbocycles. The highest BCUT2D eigenvalue weighted by Crippen LogP contribution is 2.28. The molecular formula is C26H34N4O2. The van der Waals surface area contributed by atoms with E-state index < -0.39 is 0 Å². The number of unbranched alkanes of at least 4 members (excludes halogenated alkanes) is 1. The second-order valence-electron chi connectivity index (χ2n) is 9.03. The van der Waals surface area contributed by atoms with E-state index in [1.54, 1.807) is 0 Å². The van der Waals surface area contributed by atoms with E-state index >= 15 is 0 Å². The number of piperidine rings is 2. The Morgan fingerprint density at radius 2 is 1.09 bits per heavy atom. The fourth-order valence-corrected chi connectivity index (χ4v) is 4.95. The van der Waals surface area contributed by atoms with Gasteiger partial charge in [-0.05, 0) is 62.8 Å². The van der Waals surface area contributed by atoms with Crippen molar-refractivity contribution < 1.29 is 9.59 Å². The number of nitrogens with zero attached hydrogens (tertiary/aromatic N) is 4. The van der Waals surface area contributed by atoms with E-state index in [2.05, 4.69) is 22.1 Å². The highest BCUT2D eigenvalue weighted by Gasteiger charge is 2.25. The second-order valence-corrected chi connectivity index (χ2v) is 9.03. The lowest BCUT2D eigenvalue weighted by Crippen LogP contribution is -2.38. The van der Waals surface area contributed by atoms with Crippen molar-refractivity contribution in [3.05, 3.63) is 60.2 Å². The first-order valence-electron chi connectivity index (χ1n) is 12.1. The summed E-state index contributed by atoms with van der Waals surface area (Å²) in [6, 6.07) is 12.1. The molecule has 0 saturated carbocycles. The molecule has 170 valence electrons. The standard InChI is InChI=1S/C26H34N4O2/c31-25(29-17-11-21(12-18-29)23-7-3-5-15-27-23)9-1-2-10-26(32)30-19-13-22(14-20-30)24-8-4-6-16-28-24/h3-8,15-16,21-22H,1-2,9-14,17-20H2. The first kappa shape index (κ1) is 22.4. The number of likely N-dealkylation sites (tertiary alicyclic amines) is 2. The molecule has 0 spiro atoms. The molecule has 2 aromatic heterocycles.